The minimum Gasteiger partial charge on any atom is -0.454 e. The Labute approximate surface area is 148 Å². The van der Waals surface area contributed by atoms with Gasteiger partial charge in [-0.05, 0) is 41.5 Å². The molecule has 0 saturated carbocycles. The fourth-order valence-corrected chi connectivity index (χ4v) is 2.50. The van der Waals surface area contributed by atoms with Crippen LogP contribution in [0, 0.1) is 17.5 Å². The van der Waals surface area contributed by atoms with E-state index in [1.807, 2.05) is 26.0 Å². The zero-order chi connectivity index (χ0) is 19.1. The molecule has 25 heavy (non-hydrogen) atoms. The van der Waals surface area contributed by atoms with Crippen LogP contribution in [0.5, 0.6) is 11.5 Å². The quantitative estimate of drug-likeness (QED) is 0.504. The summed E-state index contributed by atoms with van der Waals surface area (Å²) in [6.07, 6.45) is 0.961. The molecule has 2 aromatic rings. The van der Waals surface area contributed by atoms with Crippen molar-refractivity contribution in [2.24, 2.45) is 0 Å². The van der Waals surface area contributed by atoms with Gasteiger partial charge in [-0.15, -0.1) is 0 Å². The van der Waals surface area contributed by atoms with Crippen molar-refractivity contribution < 1.29 is 17.9 Å². The fraction of sp³-hybridized carbons (Fsp3) is 0.429. The number of ether oxygens (including phenoxy) is 1. The maximum atomic E-state index is 13.7. The Morgan fingerprint density at radius 2 is 1.44 bits per heavy atom. The van der Waals surface area contributed by atoms with E-state index in [1.165, 1.54) is 5.56 Å². The molecule has 0 bridgehead atoms. The molecule has 0 aliphatic heterocycles. The summed E-state index contributed by atoms with van der Waals surface area (Å²) in [5.41, 5.74) is 2.33. The first-order valence-electron chi connectivity index (χ1n) is 8.79. The van der Waals surface area contributed by atoms with Crippen LogP contribution in [-0.2, 0) is 0 Å². The van der Waals surface area contributed by atoms with E-state index in [4.69, 9.17) is 4.74 Å². The van der Waals surface area contributed by atoms with Crippen molar-refractivity contribution in [1.29, 1.82) is 0 Å². The molecule has 2 rings (SSSR count). The van der Waals surface area contributed by atoms with E-state index in [9.17, 15) is 13.2 Å². The molecule has 0 saturated heterocycles. The molecule has 0 fully saturated rings. The van der Waals surface area contributed by atoms with E-state index in [1.54, 1.807) is 6.07 Å². The Hall–Kier alpha value is -1.97. The molecule has 1 atom stereocenters. The van der Waals surface area contributed by atoms with E-state index in [2.05, 4.69) is 27.7 Å². The highest BCUT2D eigenvalue weighted by molar-refractivity contribution is 5.41. The van der Waals surface area contributed by atoms with E-state index in [0.717, 1.165) is 18.1 Å². The Balaban J connectivity index is 0.00000151. The maximum Gasteiger partial charge on any atom is 0.168 e. The van der Waals surface area contributed by atoms with E-state index in [0.29, 0.717) is 23.7 Å². The Bertz CT molecular complexity index is 696. The molecule has 2 aromatic carbocycles. The van der Waals surface area contributed by atoms with Crippen LogP contribution in [-0.4, -0.2) is 0 Å². The molecule has 0 spiro atoms. The molecular formula is C21H27F3O. The molecule has 138 valence electrons. The third-order valence-electron chi connectivity index (χ3n) is 4.03. The van der Waals surface area contributed by atoms with Gasteiger partial charge in [-0.2, -0.15) is 0 Å². The summed E-state index contributed by atoms with van der Waals surface area (Å²) in [5, 5.41) is 0. The lowest BCUT2D eigenvalue weighted by atomic mass is 9.88. The standard InChI is InChI=1S/C19H21F3O.C2H6/c1-5-12(4)15-8-13(6-7-14(15)11(2)3)23-19-10-17(21)16(20)9-18(19)22;1-2/h6-12H,5H2,1-4H3;1-2H3. The first-order valence-corrected chi connectivity index (χ1v) is 8.79. The van der Waals surface area contributed by atoms with E-state index >= 15 is 0 Å². The van der Waals surface area contributed by atoms with Gasteiger partial charge in [-0.3, -0.25) is 0 Å². The van der Waals surface area contributed by atoms with Crippen LogP contribution in [0.15, 0.2) is 30.3 Å². The number of benzene rings is 2. The van der Waals surface area contributed by atoms with Gasteiger partial charge < -0.3 is 4.74 Å². The average Bonchev–Trinajstić information content (AvgIpc) is 2.60. The summed E-state index contributed by atoms with van der Waals surface area (Å²) >= 11 is 0. The second-order valence-electron chi connectivity index (χ2n) is 6.05. The summed E-state index contributed by atoms with van der Waals surface area (Å²) in [6.45, 7) is 12.4. The van der Waals surface area contributed by atoms with Crippen molar-refractivity contribution in [2.45, 2.75) is 59.8 Å². The predicted octanol–water partition coefficient (Wildman–Crippen LogP) is 7.56. The van der Waals surface area contributed by atoms with Crippen molar-refractivity contribution >= 4 is 0 Å². The molecule has 0 aliphatic rings. The van der Waals surface area contributed by atoms with Crippen molar-refractivity contribution in [3.8, 4) is 11.5 Å². The van der Waals surface area contributed by atoms with Crippen LogP contribution < -0.4 is 4.74 Å². The van der Waals surface area contributed by atoms with E-state index < -0.39 is 17.5 Å². The van der Waals surface area contributed by atoms with Gasteiger partial charge in [0.05, 0.1) is 0 Å². The first-order chi connectivity index (χ1) is 11.8. The maximum absolute atomic E-state index is 13.7. The largest absolute Gasteiger partial charge is 0.454 e. The molecule has 4 heteroatoms. The number of rotatable bonds is 5. The number of halogens is 3. The van der Waals surface area contributed by atoms with Gasteiger partial charge in [-0.25, -0.2) is 13.2 Å². The van der Waals surface area contributed by atoms with Gasteiger partial charge in [0.25, 0.3) is 0 Å². The van der Waals surface area contributed by atoms with Crippen molar-refractivity contribution in [3.05, 3.63) is 58.9 Å². The van der Waals surface area contributed by atoms with Crippen molar-refractivity contribution in [3.63, 3.8) is 0 Å². The summed E-state index contributed by atoms with van der Waals surface area (Å²) in [4.78, 5) is 0. The normalized spacial score (nSPS) is 11.8. The zero-order valence-corrected chi connectivity index (χ0v) is 15.8. The van der Waals surface area contributed by atoms with Gasteiger partial charge in [0, 0.05) is 12.1 Å². The smallest absolute Gasteiger partial charge is 0.168 e. The van der Waals surface area contributed by atoms with Gasteiger partial charge in [0.15, 0.2) is 23.2 Å². The van der Waals surface area contributed by atoms with Gasteiger partial charge in [0.1, 0.15) is 5.75 Å². The second-order valence-corrected chi connectivity index (χ2v) is 6.05. The highest BCUT2D eigenvalue weighted by Gasteiger charge is 2.15. The topological polar surface area (TPSA) is 9.23 Å². The summed E-state index contributed by atoms with van der Waals surface area (Å²) in [7, 11) is 0. The van der Waals surface area contributed by atoms with Crippen molar-refractivity contribution in [1.82, 2.24) is 0 Å². The third-order valence-corrected chi connectivity index (χ3v) is 4.03. The highest BCUT2D eigenvalue weighted by atomic mass is 19.2. The zero-order valence-electron chi connectivity index (χ0n) is 15.8. The monoisotopic (exact) mass is 352 g/mol. The summed E-state index contributed by atoms with van der Waals surface area (Å²) in [5.74, 6) is -2.53. The lowest BCUT2D eigenvalue weighted by molar-refractivity contribution is 0.421. The first kappa shape index (κ1) is 21.1. The minimum atomic E-state index is -1.23. The predicted molar refractivity (Wildman–Crippen MR) is 97.0 cm³/mol. The van der Waals surface area contributed by atoms with Crippen LogP contribution in [0.25, 0.3) is 0 Å². The lowest BCUT2D eigenvalue weighted by Crippen LogP contribution is -2.01. The van der Waals surface area contributed by atoms with Gasteiger partial charge in [0.2, 0.25) is 0 Å². The Morgan fingerprint density at radius 3 is 2.00 bits per heavy atom. The molecule has 0 aromatic heterocycles. The van der Waals surface area contributed by atoms with Gasteiger partial charge in [-0.1, -0.05) is 47.6 Å². The van der Waals surface area contributed by atoms with Gasteiger partial charge >= 0.3 is 0 Å². The Morgan fingerprint density at radius 1 is 0.840 bits per heavy atom. The number of hydrogen-bond donors (Lipinski definition) is 0. The molecule has 0 amide bonds. The van der Waals surface area contributed by atoms with Crippen LogP contribution in [0.2, 0.25) is 0 Å². The van der Waals surface area contributed by atoms with E-state index in [-0.39, 0.29) is 5.75 Å². The van der Waals surface area contributed by atoms with Crippen LogP contribution in [0.3, 0.4) is 0 Å². The highest BCUT2D eigenvalue weighted by Crippen LogP contribution is 2.34. The molecule has 1 nitrogen and oxygen atoms in total. The average molecular weight is 352 g/mol. The molecule has 0 N–H and O–H groups in total. The Kier molecular flexibility index (Phi) is 8.01. The lowest BCUT2D eigenvalue weighted by Gasteiger charge is -2.19. The number of hydrogen-bond acceptors (Lipinski definition) is 1. The summed E-state index contributed by atoms with van der Waals surface area (Å²) in [6, 6.07) is 6.73. The third kappa shape index (κ3) is 5.25. The molecule has 0 heterocycles. The second kappa shape index (κ2) is 9.50. The summed E-state index contributed by atoms with van der Waals surface area (Å²) < 4.78 is 45.4. The van der Waals surface area contributed by atoms with Crippen LogP contribution in [0.1, 0.15) is 70.9 Å². The van der Waals surface area contributed by atoms with Crippen LogP contribution in [0.4, 0.5) is 13.2 Å². The molecular weight excluding hydrogens is 325 g/mol. The molecule has 1 unspecified atom stereocenters. The van der Waals surface area contributed by atoms with Crippen LogP contribution >= 0.6 is 0 Å². The van der Waals surface area contributed by atoms with Crippen molar-refractivity contribution in [2.75, 3.05) is 0 Å². The molecule has 0 radical (unpaired) electrons. The SMILES string of the molecule is CC.CCC(C)c1cc(Oc2cc(F)c(F)cc2F)ccc1C(C)C. The fourth-order valence-electron chi connectivity index (χ4n) is 2.50. The minimum absolute atomic E-state index is 0.323. The molecule has 0 aliphatic carbocycles.